The smallest absolute Gasteiger partial charge is 0.395 e. The molecule has 168 valence electrons. The Kier molecular flexibility index (Phi) is 6.88. The van der Waals surface area contributed by atoms with Crippen LogP contribution in [0.4, 0.5) is 18.9 Å². The summed E-state index contributed by atoms with van der Waals surface area (Å²) in [6.45, 7) is 0.401. The normalized spacial score (nSPS) is 17.5. The van der Waals surface area contributed by atoms with Gasteiger partial charge in [-0.05, 0) is 43.2 Å². The van der Waals surface area contributed by atoms with Gasteiger partial charge in [-0.3, -0.25) is 9.59 Å². The van der Waals surface area contributed by atoms with Crippen LogP contribution in [0.1, 0.15) is 28.8 Å². The van der Waals surface area contributed by atoms with Gasteiger partial charge < -0.3 is 16.4 Å². The number of alkyl halides is 3. The Morgan fingerprint density at radius 1 is 1.06 bits per heavy atom. The molecule has 0 bridgehead atoms. The van der Waals surface area contributed by atoms with E-state index in [1.165, 1.54) is 29.2 Å². The summed E-state index contributed by atoms with van der Waals surface area (Å²) in [5.41, 5.74) is 9.98. The van der Waals surface area contributed by atoms with Crippen molar-refractivity contribution in [3.63, 3.8) is 0 Å². The molecule has 1 aliphatic rings. The second-order valence-electron chi connectivity index (χ2n) is 7.18. The van der Waals surface area contributed by atoms with Crippen LogP contribution < -0.4 is 11.5 Å². The number of nitrogens with two attached hydrogens (primary N) is 2. The quantitative estimate of drug-likeness (QED) is 0.655. The van der Waals surface area contributed by atoms with Gasteiger partial charge in [0.1, 0.15) is 11.7 Å². The second-order valence-corrected chi connectivity index (χ2v) is 7.59. The predicted octanol–water partition coefficient (Wildman–Crippen LogP) is 3.96. The Bertz CT molecular complexity index is 1080. The van der Waals surface area contributed by atoms with E-state index < -0.39 is 23.8 Å². The first-order valence-electron chi connectivity index (χ1n) is 9.66. The molecule has 10 heteroatoms. The molecule has 1 atom stereocenters. The number of hydrogen-bond acceptors (Lipinski definition) is 4. The molecule has 0 aromatic heterocycles. The molecule has 32 heavy (non-hydrogen) atoms. The maximum atomic E-state index is 13.0. The SMILES string of the molecule is NC(=O)C1CCCN1C(=O)c1ccc(C(/C=C(\N)C(F)(F)F)=Nc2ccccc2Cl)cc1. The van der Waals surface area contributed by atoms with Crippen LogP contribution in [-0.2, 0) is 4.79 Å². The molecule has 0 spiro atoms. The monoisotopic (exact) mass is 464 g/mol. The van der Waals surface area contributed by atoms with Crippen molar-refractivity contribution in [2.24, 2.45) is 16.5 Å². The fourth-order valence-corrected chi connectivity index (χ4v) is 3.51. The number of allylic oxidation sites excluding steroid dienone is 2. The molecule has 1 fully saturated rings. The minimum absolute atomic E-state index is 0.0805. The highest BCUT2D eigenvalue weighted by molar-refractivity contribution is 6.33. The molecule has 0 saturated carbocycles. The third-order valence-corrected chi connectivity index (χ3v) is 5.30. The summed E-state index contributed by atoms with van der Waals surface area (Å²) in [4.78, 5) is 30.0. The van der Waals surface area contributed by atoms with Crippen LogP contribution in [-0.4, -0.2) is 41.2 Å². The van der Waals surface area contributed by atoms with E-state index >= 15 is 0 Å². The average Bonchev–Trinajstić information content (AvgIpc) is 3.24. The van der Waals surface area contributed by atoms with Crippen molar-refractivity contribution in [2.75, 3.05) is 6.54 Å². The molecule has 4 N–H and O–H groups in total. The van der Waals surface area contributed by atoms with Crippen molar-refractivity contribution in [1.29, 1.82) is 0 Å². The van der Waals surface area contributed by atoms with E-state index in [2.05, 4.69) is 4.99 Å². The average molecular weight is 465 g/mol. The van der Waals surface area contributed by atoms with Gasteiger partial charge in [-0.25, -0.2) is 4.99 Å². The highest BCUT2D eigenvalue weighted by Crippen LogP contribution is 2.27. The molecule has 2 aromatic rings. The third-order valence-electron chi connectivity index (χ3n) is 4.98. The Hall–Kier alpha value is -3.33. The summed E-state index contributed by atoms with van der Waals surface area (Å²) in [6, 6.07) is 11.6. The fraction of sp³-hybridized carbons (Fsp3) is 0.227. The molecule has 0 aliphatic carbocycles. The van der Waals surface area contributed by atoms with Gasteiger partial charge in [-0.1, -0.05) is 35.9 Å². The minimum Gasteiger partial charge on any atom is -0.395 e. The van der Waals surface area contributed by atoms with E-state index in [1.54, 1.807) is 24.3 Å². The van der Waals surface area contributed by atoms with Crippen LogP contribution in [0.5, 0.6) is 0 Å². The van der Waals surface area contributed by atoms with Gasteiger partial charge in [0.2, 0.25) is 5.91 Å². The first-order valence-corrected chi connectivity index (χ1v) is 10.0. The summed E-state index contributed by atoms with van der Waals surface area (Å²) < 4.78 is 39.1. The maximum Gasteiger partial charge on any atom is 0.430 e. The van der Waals surface area contributed by atoms with E-state index in [0.29, 0.717) is 31.0 Å². The number of carbonyl (C=O) groups is 2. The van der Waals surface area contributed by atoms with Crippen molar-refractivity contribution < 1.29 is 22.8 Å². The zero-order valence-corrected chi connectivity index (χ0v) is 17.5. The second kappa shape index (κ2) is 9.44. The van der Waals surface area contributed by atoms with Gasteiger partial charge in [0.25, 0.3) is 5.91 Å². The highest BCUT2D eigenvalue weighted by atomic mass is 35.5. The number of carbonyl (C=O) groups excluding carboxylic acids is 2. The molecule has 2 amide bonds. The van der Waals surface area contributed by atoms with Crippen molar-refractivity contribution in [1.82, 2.24) is 4.90 Å². The topological polar surface area (TPSA) is 102 Å². The fourth-order valence-electron chi connectivity index (χ4n) is 3.34. The Morgan fingerprint density at radius 2 is 1.69 bits per heavy atom. The minimum atomic E-state index is -4.74. The van der Waals surface area contributed by atoms with E-state index in [9.17, 15) is 22.8 Å². The Morgan fingerprint density at radius 3 is 2.28 bits per heavy atom. The number of likely N-dealkylation sites (tertiary alicyclic amines) is 1. The molecule has 3 rings (SSSR count). The van der Waals surface area contributed by atoms with Gasteiger partial charge in [-0.2, -0.15) is 13.2 Å². The number of halogens is 4. The van der Waals surface area contributed by atoms with Crippen LogP contribution >= 0.6 is 11.6 Å². The van der Waals surface area contributed by atoms with E-state index in [0.717, 1.165) is 0 Å². The summed E-state index contributed by atoms with van der Waals surface area (Å²) >= 11 is 6.09. The standard InChI is InChI=1S/C22H20ClF3N4O2/c23-15-4-1-2-5-16(15)29-17(12-19(27)22(24,25)26)13-7-9-14(10-8-13)21(32)30-11-3-6-18(30)20(28)31/h1-2,4-5,7-10,12,18H,3,6,11,27H2,(H2,28,31)/b19-12-,29-17?. The molecule has 6 nitrogen and oxygen atoms in total. The maximum absolute atomic E-state index is 13.0. The Labute approximate surface area is 187 Å². The van der Waals surface area contributed by atoms with Gasteiger partial charge in [0, 0.05) is 17.7 Å². The molecule has 1 unspecified atom stereocenters. The summed E-state index contributed by atoms with van der Waals surface area (Å²) in [5, 5.41) is 0.252. The Balaban J connectivity index is 1.97. The van der Waals surface area contributed by atoms with Gasteiger partial charge in [-0.15, -0.1) is 0 Å². The number of benzene rings is 2. The number of aliphatic imine (C=N–C) groups is 1. The lowest BCUT2D eigenvalue weighted by Crippen LogP contribution is -2.43. The van der Waals surface area contributed by atoms with Crippen LogP contribution in [0.2, 0.25) is 5.02 Å². The van der Waals surface area contributed by atoms with Gasteiger partial charge in [0.15, 0.2) is 0 Å². The number of para-hydroxylation sites is 1. The number of primary amides is 1. The molecule has 1 aliphatic heterocycles. The molecular weight excluding hydrogens is 445 g/mol. The van der Waals surface area contributed by atoms with Crippen molar-refractivity contribution in [3.8, 4) is 0 Å². The lowest BCUT2D eigenvalue weighted by atomic mass is 10.0. The van der Waals surface area contributed by atoms with Crippen LogP contribution in [0.25, 0.3) is 0 Å². The van der Waals surface area contributed by atoms with Crippen LogP contribution in [0.3, 0.4) is 0 Å². The number of nitrogens with zero attached hydrogens (tertiary/aromatic N) is 2. The summed E-state index contributed by atoms with van der Waals surface area (Å²) in [7, 11) is 0. The lowest BCUT2D eigenvalue weighted by molar-refractivity contribution is -0.121. The van der Waals surface area contributed by atoms with E-state index in [1.807, 2.05) is 0 Å². The molecule has 0 radical (unpaired) electrons. The predicted molar refractivity (Wildman–Crippen MR) is 116 cm³/mol. The van der Waals surface area contributed by atoms with Crippen LogP contribution in [0.15, 0.2) is 65.3 Å². The highest BCUT2D eigenvalue weighted by Gasteiger charge is 2.33. The first kappa shape index (κ1) is 23.3. The van der Waals surface area contributed by atoms with Crippen molar-refractivity contribution >= 4 is 34.8 Å². The first-order chi connectivity index (χ1) is 15.1. The molecule has 1 saturated heterocycles. The number of hydrogen-bond donors (Lipinski definition) is 2. The molecular formula is C22H20ClF3N4O2. The third kappa shape index (κ3) is 5.28. The van der Waals surface area contributed by atoms with Crippen molar-refractivity contribution in [3.05, 3.63) is 76.5 Å². The van der Waals surface area contributed by atoms with Crippen LogP contribution in [0, 0.1) is 0 Å². The number of amides is 2. The van der Waals surface area contributed by atoms with Gasteiger partial charge in [0.05, 0.1) is 16.4 Å². The number of rotatable bonds is 5. The summed E-state index contributed by atoms with van der Waals surface area (Å²) in [5.74, 6) is -0.956. The van der Waals surface area contributed by atoms with E-state index in [4.69, 9.17) is 23.1 Å². The molecule has 1 heterocycles. The van der Waals surface area contributed by atoms with Crippen molar-refractivity contribution in [2.45, 2.75) is 25.1 Å². The van der Waals surface area contributed by atoms with E-state index in [-0.39, 0.29) is 27.9 Å². The lowest BCUT2D eigenvalue weighted by Gasteiger charge is -2.22. The summed E-state index contributed by atoms with van der Waals surface area (Å²) in [6.07, 6.45) is -2.87. The zero-order chi connectivity index (χ0) is 23.5. The molecule has 2 aromatic carbocycles. The van der Waals surface area contributed by atoms with Gasteiger partial charge >= 0.3 is 6.18 Å². The zero-order valence-electron chi connectivity index (χ0n) is 16.8. The largest absolute Gasteiger partial charge is 0.430 e.